The Balaban J connectivity index is 2.88. The van der Waals surface area contributed by atoms with Gasteiger partial charge in [0.05, 0.1) is 12.3 Å². The molecule has 17 heavy (non-hydrogen) atoms. The first-order chi connectivity index (χ1) is 8.08. The van der Waals surface area contributed by atoms with Gasteiger partial charge in [0.25, 0.3) is 0 Å². The van der Waals surface area contributed by atoms with E-state index in [1.165, 1.54) is 12.1 Å². The van der Waals surface area contributed by atoms with Crippen LogP contribution in [0.2, 0.25) is 0 Å². The van der Waals surface area contributed by atoms with Crippen molar-refractivity contribution >= 4 is 5.69 Å². The topological polar surface area (TPSA) is 21.3 Å². The number of hydrogen-bond acceptors (Lipinski definition) is 2. The summed E-state index contributed by atoms with van der Waals surface area (Å²) in [4.78, 5) is 0. The van der Waals surface area contributed by atoms with Gasteiger partial charge >= 0.3 is 0 Å². The molecule has 1 aromatic rings. The Labute approximate surface area is 103 Å². The van der Waals surface area contributed by atoms with E-state index in [0.29, 0.717) is 24.3 Å². The summed E-state index contributed by atoms with van der Waals surface area (Å²) >= 11 is 0. The highest BCUT2D eigenvalue weighted by molar-refractivity contribution is 5.57. The number of nitrogens with one attached hydrogen (secondary N) is 1. The molecular formula is C14H22FNO. The van der Waals surface area contributed by atoms with Crippen LogP contribution in [-0.4, -0.2) is 12.6 Å². The van der Waals surface area contributed by atoms with E-state index in [9.17, 15) is 4.39 Å². The predicted molar refractivity (Wildman–Crippen MR) is 70.1 cm³/mol. The number of benzene rings is 1. The molecule has 0 aliphatic carbocycles. The number of ether oxygens (including phenoxy) is 1. The lowest BCUT2D eigenvalue weighted by atomic mass is 10.0. The van der Waals surface area contributed by atoms with Gasteiger partial charge in [0, 0.05) is 12.1 Å². The van der Waals surface area contributed by atoms with Crippen LogP contribution < -0.4 is 10.1 Å². The van der Waals surface area contributed by atoms with E-state index < -0.39 is 0 Å². The second kappa shape index (κ2) is 6.48. The molecule has 0 aliphatic rings. The molecule has 0 radical (unpaired) electrons. The van der Waals surface area contributed by atoms with Gasteiger partial charge < -0.3 is 10.1 Å². The largest absolute Gasteiger partial charge is 0.492 e. The quantitative estimate of drug-likeness (QED) is 0.808. The average molecular weight is 239 g/mol. The van der Waals surface area contributed by atoms with E-state index in [2.05, 4.69) is 26.1 Å². The van der Waals surface area contributed by atoms with E-state index in [1.54, 1.807) is 6.07 Å². The first-order valence-corrected chi connectivity index (χ1v) is 6.27. The van der Waals surface area contributed by atoms with Crippen LogP contribution in [-0.2, 0) is 0 Å². The van der Waals surface area contributed by atoms with Crippen molar-refractivity contribution in [2.45, 2.75) is 40.2 Å². The molecule has 0 spiro atoms. The van der Waals surface area contributed by atoms with Gasteiger partial charge in [0.15, 0.2) is 0 Å². The average Bonchev–Trinajstić information content (AvgIpc) is 2.28. The number of rotatable bonds is 6. The van der Waals surface area contributed by atoms with Crippen LogP contribution in [0.25, 0.3) is 0 Å². The lowest BCUT2D eigenvalue weighted by Crippen LogP contribution is -2.24. The molecule has 0 bridgehead atoms. The monoisotopic (exact) mass is 239 g/mol. The zero-order chi connectivity index (χ0) is 12.8. The maximum Gasteiger partial charge on any atom is 0.145 e. The summed E-state index contributed by atoms with van der Waals surface area (Å²) in [5.41, 5.74) is 0.869. The maximum atomic E-state index is 13.1. The van der Waals surface area contributed by atoms with Crippen molar-refractivity contribution < 1.29 is 9.13 Å². The second-order valence-corrected chi connectivity index (χ2v) is 4.48. The van der Waals surface area contributed by atoms with Crippen LogP contribution in [0.4, 0.5) is 10.1 Å². The summed E-state index contributed by atoms with van der Waals surface area (Å²) < 4.78 is 18.6. The lowest BCUT2D eigenvalue weighted by Gasteiger charge is -2.23. The molecule has 96 valence electrons. The minimum atomic E-state index is -0.267. The molecule has 3 heteroatoms. The fourth-order valence-corrected chi connectivity index (χ4v) is 1.83. The van der Waals surface area contributed by atoms with Crippen LogP contribution >= 0.6 is 0 Å². The minimum absolute atomic E-state index is 0.267. The Morgan fingerprint density at radius 1 is 1.29 bits per heavy atom. The molecule has 0 saturated heterocycles. The van der Waals surface area contributed by atoms with Gasteiger partial charge in [0.2, 0.25) is 0 Å². The summed E-state index contributed by atoms with van der Waals surface area (Å²) in [6.07, 6.45) is 1.03. The molecule has 0 aromatic heterocycles. The van der Waals surface area contributed by atoms with Crippen molar-refractivity contribution in [3.8, 4) is 5.75 Å². The van der Waals surface area contributed by atoms with E-state index in [1.807, 2.05) is 6.92 Å². The van der Waals surface area contributed by atoms with Crippen molar-refractivity contribution in [3.63, 3.8) is 0 Å². The van der Waals surface area contributed by atoms with Crippen LogP contribution in [0.1, 0.15) is 34.1 Å². The van der Waals surface area contributed by atoms with Gasteiger partial charge in [0.1, 0.15) is 11.6 Å². The van der Waals surface area contributed by atoms with E-state index in [-0.39, 0.29) is 5.82 Å². The Bertz CT molecular complexity index is 352. The van der Waals surface area contributed by atoms with Crippen molar-refractivity contribution in [2.75, 3.05) is 11.9 Å². The Kier molecular flexibility index (Phi) is 5.26. The third kappa shape index (κ3) is 3.91. The van der Waals surface area contributed by atoms with Gasteiger partial charge in [-0.2, -0.15) is 0 Å². The second-order valence-electron chi connectivity index (χ2n) is 4.48. The van der Waals surface area contributed by atoms with Crippen molar-refractivity contribution in [3.05, 3.63) is 24.0 Å². The Hall–Kier alpha value is -1.25. The molecule has 0 amide bonds. The molecule has 1 N–H and O–H groups in total. The third-order valence-corrected chi connectivity index (χ3v) is 2.83. The Morgan fingerprint density at radius 2 is 2.00 bits per heavy atom. The molecule has 0 fully saturated rings. The third-order valence-electron chi connectivity index (χ3n) is 2.83. The fraction of sp³-hybridized carbons (Fsp3) is 0.571. The van der Waals surface area contributed by atoms with Crippen molar-refractivity contribution in [1.29, 1.82) is 0 Å². The lowest BCUT2D eigenvalue weighted by molar-refractivity contribution is 0.339. The van der Waals surface area contributed by atoms with Gasteiger partial charge in [-0.15, -0.1) is 0 Å². The zero-order valence-electron chi connectivity index (χ0n) is 11.1. The van der Waals surface area contributed by atoms with Crippen molar-refractivity contribution in [1.82, 2.24) is 0 Å². The van der Waals surface area contributed by atoms with E-state index in [4.69, 9.17) is 4.74 Å². The summed E-state index contributed by atoms with van der Waals surface area (Å²) in [5.74, 6) is 0.850. The summed E-state index contributed by atoms with van der Waals surface area (Å²) in [7, 11) is 0. The first kappa shape index (κ1) is 13.8. The van der Waals surface area contributed by atoms with Gasteiger partial charge in [-0.3, -0.25) is 0 Å². The fourth-order valence-electron chi connectivity index (χ4n) is 1.83. The molecule has 2 nitrogen and oxygen atoms in total. The molecule has 1 aromatic carbocycles. The first-order valence-electron chi connectivity index (χ1n) is 6.27. The summed E-state index contributed by atoms with van der Waals surface area (Å²) in [6.45, 7) is 8.92. The zero-order valence-corrected chi connectivity index (χ0v) is 11.1. The SMILES string of the molecule is CCOc1cc(F)ccc1NC(CC)C(C)C. The van der Waals surface area contributed by atoms with Crippen LogP contribution in [0.5, 0.6) is 5.75 Å². The molecule has 0 aliphatic heterocycles. The molecule has 0 heterocycles. The summed E-state index contributed by atoms with van der Waals surface area (Å²) in [5, 5.41) is 3.42. The molecule has 1 rings (SSSR count). The normalized spacial score (nSPS) is 12.6. The van der Waals surface area contributed by atoms with Crippen LogP contribution in [0.3, 0.4) is 0 Å². The van der Waals surface area contributed by atoms with Crippen LogP contribution in [0.15, 0.2) is 18.2 Å². The highest BCUT2D eigenvalue weighted by atomic mass is 19.1. The van der Waals surface area contributed by atoms with Crippen molar-refractivity contribution in [2.24, 2.45) is 5.92 Å². The summed E-state index contributed by atoms with van der Waals surface area (Å²) in [6, 6.07) is 5.00. The molecular weight excluding hydrogens is 217 g/mol. The highest BCUT2D eigenvalue weighted by Gasteiger charge is 2.13. The standard InChI is InChI=1S/C14H22FNO/c1-5-12(10(3)4)16-13-8-7-11(15)9-14(13)17-6-2/h7-10,12,16H,5-6H2,1-4H3. The maximum absolute atomic E-state index is 13.1. The van der Waals surface area contributed by atoms with Gasteiger partial charge in [-0.1, -0.05) is 20.8 Å². The number of anilines is 1. The van der Waals surface area contributed by atoms with Gasteiger partial charge in [-0.25, -0.2) is 4.39 Å². The van der Waals surface area contributed by atoms with Gasteiger partial charge in [-0.05, 0) is 31.4 Å². The smallest absolute Gasteiger partial charge is 0.145 e. The minimum Gasteiger partial charge on any atom is -0.492 e. The molecule has 1 unspecified atom stereocenters. The van der Waals surface area contributed by atoms with E-state index in [0.717, 1.165) is 12.1 Å². The van der Waals surface area contributed by atoms with E-state index >= 15 is 0 Å². The molecule has 1 atom stereocenters. The predicted octanol–water partition coefficient (Wildman–Crippen LogP) is 4.07. The number of hydrogen-bond donors (Lipinski definition) is 1. The molecule has 0 saturated carbocycles. The highest BCUT2D eigenvalue weighted by Crippen LogP contribution is 2.27. The number of halogens is 1. The Morgan fingerprint density at radius 3 is 2.53 bits per heavy atom. The van der Waals surface area contributed by atoms with Crippen LogP contribution in [0, 0.1) is 11.7 Å².